The minimum absolute atomic E-state index is 0.00811. The van der Waals surface area contributed by atoms with Gasteiger partial charge in [-0.3, -0.25) is 9.10 Å². The number of hydrogen-bond acceptors (Lipinski definition) is 4. The smallest absolute Gasteiger partial charge is 0.253 e. The molecule has 0 N–H and O–H groups in total. The van der Waals surface area contributed by atoms with E-state index in [9.17, 15) is 13.2 Å². The molecule has 0 radical (unpaired) electrons. The molecule has 0 spiro atoms. The van der Waals surface area contributed by atoms with E-state index in [2.05, 4.69) is 4.90 Å². The van der Waals surface area contributed by atoms with E-state index >= 15 is 0 Å². The van der Waals surface area contributed by atoms with Crippen molar-refractivity contribution in [1.29, 1.82) is 0 Å². The molecule has 2 aromatic carbocycles. The normalized spacial score (nSPS) is 15.4. The lowest BCUT2D eigenvalue weighted by molar-refractivity contribution is 0.0664. The predicted molar refractivity (Wildman–Crippen MR) is 117 cm³/mol. The highest BCUT2D eigenvalue weighted by Gasteiger charge is 2.22. The second-order valence-corrected chi connectivity index (χ2v) is 9.97. The Bertz CT molecular complexity index is 968. The highest BCUT2D eigenvalue weighted by Crippen LogP contribution is 2.28. The Morgan fingerprint density at radius 3 is 2.07 bits per heavy atom. The molecule has 0 bridgehead atoms. The molecule has 0 atom stereocenters. The number of amides is 1. The van der Waals surface area contributed by atoms with Crippen molar-refractivity contribution >= 4 is 44.8 Å². The van der Waals surface area contributed by atoms with Gasteiger partial charge in [-0.25, -0.2) is 8.42 Å². The quantitative estimate of drug-likeness (QED) is 0.693. The Morgan fingerprint density at radius 1 is 1.00 bits per heavy atom. The first-order valence-electron chi connectivity index (χ1n) is 9.14. The maximum absolute atomic E-state index is 12.7. The zero-order chi connectivity index (χ0) is 21.2. The molecule has 29 heavy (non-hydrogen) atoms. The fourth-order valence-electron chi connectivity index (χ4n) is 3.19. The number of rotatable bonds is 5. The Morgan fingerprint density at radius 2 is 1.55 bits per heavy atom. The number of piperazine rings is 1. The highest BCUT2D eigenvalue weighted by atomic mass is 35.5. The topological polar surface area (TPSA) is 60.9 Å². The number of nitrogens with zero attached hydrogens (tertiary/aromatic N) is 3. The van der Waals surface area contributed by atoms with Crippen LogP contribution < -0.4 is 4.31 Å². The molecule has 6 nitrogen and oxygen atoms in total. The number of likely N-dealkylation sites (N-methyl/N-ethyl adjacent to an activating group) is 1. The fourth-order valence-corrected chi connectivity index (χ4v) is 4.58. The highest BCUT2D eigenvalue weighted by molar-refractivity contribution is 7.92. The Labute approximate surface area is 181 Å². The van der Waals surface area contributed by atoms with Crippen molar-refractivity contribution in [2.24, 2.45) is 0 Å². The standard InChI is InChI=1S/C20H23Cl2N3O3S/c1-23-7-9-24(10-8-23)20(26)16-5-3-15(4-6-16)14-25(29(2,27)28)19-12-17(21)11-18(22)13-19/h3-6,11-13H,7-10,14H2,1-2H3. The second kappa shape index (κ2) is 8.92. The molecule has 1 fully saturated rings. The maximum Gasteiger partial charge on any atom is 0.253 e. The number of hydrogen-bond donors (Lipinski definition) is 0. The SMILES string of the molecule is CN1CCN(C(=O)c2ccc(CN(c3cc(Cl)cc(Cl)c3)S(C)(=O)=O)cc2)CC1. The zero-order valence-corrected chi connectivity index (χ0v) is 18.6. The van der Waals surface area contributed by atoms with E-state index in [0.29, 0.717) is 34.4 Å². The molecular weight excluding hydrogens is 433 g/mol. The van der Waals surface area contributed by atoms with E-state index in [4.69, 9.17) is 23.2 Å². The van der Waals surface area contributed by atoms with Crippen LogP contribution in [0.3, 0.4) is 0 Å². The Hall–Kier alpha value is -1.80. The van der Waals surface area contributed by atoms with Gasteiger partial charge in [-0.05, 0) is 42.9 Å². The summed E-state index contributed by atoms with van der Waals surface area (Å²) in [5.74, 6) is -0.00811. The number of sulfonamides is 1. The minimum atomic E-state index is -3.56. The van der Waals surface area contributed by atoms with Crippen molar-refractivity contribution in [1.82, 2.24) is 9.80 Å². The van der Waals surface area contributed by atoms with Gasteiger partial charge in [0.15, 0.2) is 0 Å². The molecular formula is C20H23Cl2N3O3S. The van der Waals surface area contributed by atoms with Crippen molar-refractivity contribution in [3.63, 3.8) is 0 Å². The van der Waals surface area contributed by atoms with E-state index in [-0.39, 0.29) is 12.5 Å². The van der Waals surface area contributed by atoms with Gasteiger partial charge in [-0.1, -0.05) is 35.3 Å². The van der Waals surface area contributed by atoms with Gasteiger partial charge in [-0.15, -0.1) is 0 Å². The van der Waals surface area contributed by atoms with Gasteiger partial charge in [-0.2, -0.15) is 0 Å². The summed E-state index contributed by atoms with van der Waals surface area (Å²) in [6, 6.07) is 11.7. The molecule has 1 aliphatic heterocycles. The van der Waals surface area contributed by atoms with Crippen molar-refractivity contribution in [3.8, 4) is 0 Å². The van der Waals surface area contributed by atoms with Crippen LogP contribution in [0, 0.1) is 0 Å². The first-order chi connectivity index (χ1) is 13.6. The van der Waals surface area contributed by atoms with Crippen molar-refractivity contribution in [2.75, 3.05) is 43.8 Å². The van der Waals surface area contributed by atoms with Gasteiger partial charge >= 0.3 is 0 Å². The van der Waals surface area contributed by atoms with Crippen LogP contribution in [0.1, 0.15) is 15.9 Å². The molecule has 1 amide bonds. The van der Waals surface area contributed by atoms with Gasteiger partial charge in [0.2, 0.25) is 10.0 Å². The molecule has 1 aliphatic rings. The van der Waals surface area contributed by atoms with Crippen LogP contribution in [0.4, 0.5) is 5.69 Å². The maximum atomic E-state index is 12.7. The van der Waals surface area contributed by atoms with E-state index in [1.165, 1.54) is 4.31 Å². The number of carbonyl (C=O) groups excluding carboxylic acids is 1. The molecule has 1 heterocycles. The number of benzene rings is 2. The third-order valence-corrected chi connectivity index (χ3v) is 6.43. The largest absolute Gasteiger partial charge is 0.336 e. The number of halogens is 2. The van der Waals surface area contributed by atoms with Crippen LogP contribution in [0.2, 0.25) is 10.0 Å². The van der Waals surface area contributed by atoms with Crippen LogP contribution in [0.25, 0.3) is 0 Å². The minimum Gasteiger partial charge on any atom is -0.336 e. The summed E-state index contributed by atoms with van der Waals surface area (Å²) < 4.78 is 25.9. The second-order valence-electron chi connectivity index (χ2n) is 7.19. The van der Waals surface area contributed by atoms with Crippen LogP contribution >= 0.6 is 23.2 Å². The lowest BCUT2D eigenvalue weighted by atomic mass is 10.1. The van der Waals surface area contributed by atoms with Crippen LogP contribution in [-0.2, 0) is 16.6 Å². The summed E-state index contributed by atoms with van der Waals surface area (Å²) in [4.78, 5) is 16.7. The first-order valence-corrected chi connectivity index (χ1v) is 11.7. The summed E-state index contributed by atoms with van der Waals surface area (Å²) in [6.45, 7) is 3.23. The van der Waals surface area contributed by atoms with Gasteiger partial charge in [0.25, 0.3) is 5.91 Å². The summed E-state index contributed by atoms with van der Waals surface area (Å²) in [5, 5.41) is 0.712. The monoisotopic (exact) mass is 455 g/mol. The van der Waals surface area contributed by atoms with Crippen molar-refractivity contribution in [2.45, 2.75) is 6.54 Å². The Kier molecular flexibility index (Phi) is 6.73. The molecule has 3 rings (SSSR count). The summed E-state index contributed by atoms with van der Waals surface area (Å²) in [5.41, 5.74) is 1.74. The average molecular weight is 456 g/mol. The predicted octanol–water partition coefficient (Wildman–Crippen LogP) is 3.35. The van der Waals surface area contributed by atoms with Crippen LogP contribution in [0.5, 0.6) is 0 Å². The average Bonchev–Trinajstić information content (AvgIpc) is 2.65. The fraction of sp³-hybridized carbons (Fsp3) is 0.350. The van der Waals surface area contributed by atoms with E-state index in [0.717, 1.165) is 24.9 Å². The summed E-state index contributed by atoms with van der Waals surface area (Å²) >= 11 is 12.1. The summed E-state index contributed by atoms with van der Waals surface area (Å²) in [6.07, 6.45) is 1.13. The molecule has 0 unspecified atom stereocenters. The third kappa shape index (κ3) is 5.63. The Balaban J connectivity index is 1.78. The molecule has 2 aromatic rings. The van der Waals surface area contributed by atoms with E-state index in [1.807, 2.05) is 11.9 Å². The molecule has 0 saturated carbocycles. The van der Waals surface area contributed by atoms with E-state index < -0.39 is 10.0 Å². The number of anilines is 1. The van der Waals surface area contributed by atoms with Gasteiger partial charge in [0, 0.05) is 41.8 Å². The van der Waals surface area contributed by atoms with Gasteiger partial charge in [0.1, 0.15) is 0 Å². The van der Waals surface area contributed by atoms with Crippen LogP contribution in [-0.4, -0.2) is 63.6 Å². The lowest BCUT2D eigenvalue weighted by Crippen LogP contribution is -2.47. The van der Waals surface area contributed by atoms with E-state index in [1.54, 1.807) is 42.5 Å². The molecule has 0 aromatic heterocycles. The summed E-state index contributed by atoms with van der Waals surface area (Å²) in [7, 11) is -1.52. The zero-order valence-electron chi connectivity index (χ0n) is 16.3. The molecule has 156 valence electrons. The number of carbonyl (C=O) groups is 1. The van der Waals surface area contributed by atoms with Crippen LogP contribution in [0.15, 0.2) is 42.5 Å². The first kappa shape index (κ1) is 21.9. The molecule has 9 heteroatoms. The lowest BCUT2D eigenvalue weighted by Gasteiger charge is -2.32. The molecule has 1 saturated heterocycles. The molecule has 0 aliphatic carbocycles. The van der Waals surface area contributed by atoms with Crippen molar-refractivity contribution in [3.05, 3.63) is 63.6 Å². The van der Waals surface area contributed by atoms with Gasteiger partial charge < -0.3 is 9.80 Å². The van der Waals surface area contributed by atoms with Gasteiger partial charge in [0.05, 0.1) is 18.5 Å². The van der Waals surface area contributed by atoms with Crippen molar-refractivity contribution < 1.29 is 13.2 Å². The third-order valence-electron chi connectivity index (χ3n) is 4.85.